The molecule has 3 nitrogen and oxygen atoms in total. The number of nitrogens with zero attached hydrogens (tertiary/aromatic N) is 2. The lowest BCUT2D eigenvalue weighted by molar-refractivity contribution is 0.837. The van der Waals surface area contributed by atoms with Gasteiger partial charge in [0.1, 0.15) is 0 Å². The van der Waals surface area contributed by atoms with Crippen LogP contribution in [0.25, 0.3) is 0 Å². The van der Waals surface area contributed by atoms with E-state index in [9.17, 15) is 0 Å². The van der Waals surface area contributed by atoms with Gasteiger partial charge in [-0.3, -0.25) is 5.43 Å². The van der Waals surface area contributed by atoms with Crippen molar-refractivity contribution in [2.24, 2.45) is 5.10 Å². The largest absolute Gasteiger partial charge is 0.252 e. The normalized spacial score (nSPS) is 16.4. The van der Waals surface area contributed by atoms with Crippen molar-refractivity contribution in [3.63, 3.8) is 0 Å². The van der Waals surface area contributed by atoms with Crippen molar-refractivity contribution in [2.75, 3.05) is 5.43 Å². The highest BCUT2D eigenvalue weighted by molar-refractivity contribution is 7.15. The van der Waals surface area contributed by atoms with Gasteiger partial charge in [-0.25, -0.2) is 4.98 Å². The van der Waals surface area contributed by atoms with E-state index >= 15 is 0 Å². The predicted molar refractivity (Wildman–Crippen MR) is 81.1 cm³/mol. The van der Waals surface area contributed by atoms with E-state index in [-0.39, 0.29) is 0 Å². The van der Waals surface area contributed by atoms with E-state index in [4.69, 9.17) is 0 Å². The van der Waals surface area contributed by atoms with Gasteiger partial charge in [0.15, 0.2) is 0 Å². The molecule has 1 heterocycles. The minimum absolute atomic E-state index is 0.880. The van der Waals surface area contributed by atoms with Crippen LogP contribution in [0.1, 0.15) is 34.5 Å². The summed E-state index contributed by atoms with van der Waals surface area (Å²) in [6.07, 6.45) is 3.37. The Labute approximate surface area is 117 Å². The smallest absolute Gasteiger partial charge is 0.203 e. The number of benzene rings is 1. The molecule has 4 heteroatoms. The number of fused-ring (bicyclic) bond motifs is 1. The standard InChI is InChI=1S/C15H17N3S/c1-10-11(2)19-15(16-10)18-17-14-9-5-7-12-6-3-4-8-13(12)14/h3-4,6,8H,5,7,9H2,1-2H3,(H,16,18)/b17-14+. The SMILES string of the molecule is Cc1nc(N/N=C2\CCCc3ccccc32)sc1C. The van der Waals surface area contributed by atoms with Crippen molar-refractivity contribution in [3.05, 3.63) is 46.0 Å². The maximum atomic E-state index is 4.56. The number of aryl methyl sites for hydroxylation is 3. The first-order chi connectivity index (χ1) is 9.24. The molecule has 1 aliphatic carbocycles. The van der Waals surface area contributed by atoms with Crippen molar-refractivity contribution >= 4 is 22.2 Å². The first kappa shape index (κ1) is 12.4. The number of rotatable bonds is 2. The molecule has 0 radical (unpaired) electrons. The molecular weight excluding hydrogens is 254 g/mol. The van der Waals surface area contributed by atoms with Crippen LogP contribution in [0.3, 0.4) is 0 Å². The van der Waals surface area contributed by atoms with Crippen LogP contribution in [0.4, 0.5) is 5.13 Å². The highest BCUT2D eigenvalue weighted by Crippen LogP contribution is 2.24. The van der Waals surface area contributed by atoms with Crippen molar-refractivity contribution in [2.45, 2.75) is 33.1 Å². The second-order valence-corrected chi connectivity index (χ2v) is 6.04. The van der Waals surface area contributed by atoms with Gasteiger partial charge in [0.2, 0.25) is 5.13 Å². The van der Waals surface area contributed by atoms with Crippen LogP contribution in [0.15, 0.2) is 29.4 Å². The van der Waals surface area contributed by atoms with Gasteiger partial charge in [0.05, 0.1) is 11.4 Å². The zero-order chi connectivity index (χ0) is 13.2. The van der Waals surface area contributed by atoms with Gasteiger partial charge in [0.25, 0.3) is 0 Å². The van der Waals surface area contributed by atoms with E-state index in [0.717, 1.165) is 29.4 Å². The predicted octanol–water partition coefficient (Wildman–Crippen LogP) is 3.91. The summed E-state index contributed by atoms with van der Waals surface area (Å²) in [5.74, 6) is 0. The number of thiazole rings is 1. The lowest BCUT2D eigenvalue weighted by Gasteiger charge is -2.17. The number of aromatic nitrogens is 1. The molecule has 98 valence electrons. The first-order valence-electron chi connectivity index (χ1n) is 6.59. The minimum Gasteiger partial charge on any atom is -0.252 e. The van der Waals surface area contributed by atoms with Crippen LogP contribution in [-0.2, 0) is 6.42 Å². The van der Waals surface area contributed by atoms with Crippen LogP contribution >= 0.6 is 11.3 Å². The molecule has 0 atom stereocenters. The van der Waals surface area contributed by atoms with Crippen LogP contribution < -0.4 is 5.43 Å². The lowest BCUT2D eigenvalue weighted by Crippen LogP contribution is -2.13. The van der Waals surface area contributed by atoms with E-state index in [0.29, 0.717) is 0 Å². The molecule has 0 spiro atoms. The van der Waals surface area contributed by atoms with E-state index in [2.05, 4.69) is 46.7 Å². The molecule has 0 saturated heterocycles. The first-order valence-corrected chi connectivity index (χ1v) is 7.40. The fourth-order valence-corrected chi connectivity index (χ4v) is 3.11. The molecule has 0 unspecified atom stereocenters. The van der Waals surface area contributed by atoms with E-state index in [1.807, 2.05) is 6.92 Å². The highest BCUT2D eigenvalue weighted by Gasteiger charge is 2.14. The van der Waals surface area contributed by atoms with Crippen molar-refractivity contribution in [3.8, 4) is 0 Å². The van der Waals surface area contributed by atoms with Crippen LogP contribution in [0.5, 0.6) is 0 Å². The number of hydrogen-bond donors (Lipinski definition) is 1. The molecule has 1 N–H and O–H groups in total. The summed E-state index contributed by atoms with van der Waals surface area (Å²) >= 11 is 1.65. The molecular formula is C15H17N3S. The Balaban J connectivity index is 1.85. The van der Waals surface area contributed by atoms with Gasteiger partial charge < -0.3 is 0 Å². The summed E-state index contributed by atoms with van der Waals surface area (Å²) in [5.41, 5.74) is 8.03. The summed E-state index contributed by atoms with van der Waals surface area (Å²) in [4.78, 5) is 5.69. The Kier molecular flexibility index (Phi) is 3.34. The third kappa shape index (κ3) is 2.54. The molecule has 0 bridgehead atoms. The monoisotopic (exact) mass is 271 g/mol. The summed E-state index contributed by atoms with van der Waals surface area (Å²) in [6.45, 7) is 4.11. The fraction of sp³-hybridized carbons (Fsp3) is 0.333. The molecule has 2 aromatic rings. The third-order valence-corrected chi connectivity index (χ3v) is 4.48. The number of hydrazone groups is 1. The Morgan fingerprint density at radius 3 is 2.84 bits per heavy atom. The lowest BCUT2D eigenvalue weighted by atomic mass is 9.90. The van der Waals surface area contributed by atoms with E-state index in [1.54, 1.807) is 11.3 Å². The maximum absolute atomic E-state index is 4.56. The third-order valence-electron chi connectivity index (χ3n) is 3.50. The quantitative estimate of drug-likeness (QED) is 0.841. The summed E-state index contributed by atoms with van der Waals surface area (Å²) in [6, 6.07) is 8.54. The summed E-state index contributed by atoms with van der Waals surface area (Å²) in [5, 5.41) is 5.44. The highest BCUT2D eigenvalue weighted by atomic mass is 32.1. The van der Waals surface area contributed by atoms with Gasteiger partial charge in [0, 0.05) is 10.4 Å². The molecule has 1 aromatic heterocycles. The molecule has 0 fully saturated rings. The average molecular weight is 271 g/mol. The maximum Gasteiger partial charge on any atom is 0.203 e. The summed E-state index contributed by atoms with van der Waals surface area (Å²) < 4.78 is 0. The zero-order valence-corrected chi connectivity index (χ0v) is 12.0. The van der Waals surface area contributed by atoms with E-state index in [1.165, 1.54) is 22.4 Å². The van der Waals surface area contributed by atoms with Crippen molar-refractivity contribution in [1.82, 2.24) is 4.98 Å². The van der Waals surface area contributed by atoms with Gasteiger partial charge in [-0.15, -0.1) is 11.3 Å². The van der Waals surface area contributed by atoms with Crippen LogP contribution in [-0.4, -0.2) is 10.7 Å². The van der Waals surface area contributed by atoms with Crippen molar-refractivity contribution < 1.29 is 0 Å². The second kappa shape index (κ2) is 5.13. The molecule has 19 heavy (non-hydrogen) atoms. The summed E-state index contributed by atoms with van der Waals surface area (Å²) in [7, 11) is 0. The van der Waals surface area contributed by atoms with Gasteiger partial charge >= 0.3 is 0 Å². The van der Waals surface area contributed by atoms with Crippen molar-refractivity contribution in [1.29, 1.82) is 0 Å². The topological polar surface area (TPSA) is 37.3 Å². The van der Waals surface area contributed by atoms with Crippen LogP contribution in [0.2, 0.25) is 0 Å². The Morgan fingerprint density at radius 2 is 2.05 bits per heavy atom. The molecule has 1 aromatic carbocycles. The Hall–Kier alpha value is -1.68. The zero-order valence-electron chi connectivity index (χ0n) is 11.2. The van der Waals surface area contributed by atoms with Gasteiger partial charge in [-0.05, 0) is 38.7 Å². The van der Waals surface area contributed by atoms with Gasteiger partial charge in [-0.2, -0.15) is 5.10 Å². The minimum atomic E-state index is 0.880. The molecule has 0 amide bonds. The molecule has 0 saturated carbocycles. The Bertz CT molecular complexity index is 609. The number of nitrogens with one attached hydrogen (secondary N) is 1. The number of anilines is 1. The average Bonchev–Trinajstić information content (AvgIpc) is 2.75. The second-order valence-electron chi connectivity index (χ2n) is 4.84. The molecule has 0 aliphatic heterocycles. The van der Waals surface area contributed by atoms with E-state index < -0.39 is 0 Å². The van der Waals surface area contributed by atoms with Crippen LogP contribution in [0, 0.1) is 13.8 Å². The fourth-order valence-electron chi connectivity index (χ4n) is 2.35. The molecule has 3 rings (SSSR count). The molecule has 1 aliphatic rings. The number of hydrogen-bond acceptors (Lipinski definition) is 4. The Morgan fingerprint density at radius 1 is 1.21 bits per heavy atom. The van der Waals surface area contributed by atoms with Gasteiger partial charge in [-0.1, -0.05) is 24.3 Å².